The third kappa shape index (κ3) is 3.74. The van der Waals surface area contributed by atoms with E-state index in [-0.39, 0.29) is 24.0 Å². The van der Waals surface area contributed by atoms with E-state index in [4.69, 9.17) is 0 Å². The first kappa shape index (κ1) is 11.7. The summed E-state index contributed by atoms with van der Waals surface area (Å²) in [6.07, 6.45) is 4.00. The summed E-state index contributed by atoms with van der Waals surface area (Å²) in [5.41, 5.74) is 0.726. The van der Waals surface area contributed by atoms with Crippen molar-refractivity contribution in [1.82, 2.24) is 5.32 Å². The molecule has 0 atom stereocenters. The summed E-state index contributed by atoms with van der Waals surface area (Å²) >= 11 is 0. The van der Waals surface area contributed by atoms with E-state index >= 15 is 0 Å². The van der Waals surface area contributed by atoms with Crippen LogP contribution < -0.4 is 5.32 Å². The van der Waals surface area contributed by atoms with Gasteiger partial charge in [0.2, 0.25) is 0 Å². The van der Waals surface area contributed by atoms with Crippen molar-refractivity contribution in [3.05, 3.63) is 0 Å². The zero-order chi connectivity index (χ0) is 7.83. The quantitative estimate of drug-likeness (QED) is 0.667. The normalized spacial score (nSPS) is 27.3. The molecule has 11 heavy (non-hydrogen) atoms. The van der Waals surface area contributed by atoms with Crippen molar-refractivity contribution in [3.63, 3.8) is 0 Å². The molecule has 0 radical (unpaired) electrons. The lowest BCUT2D eigenvalue weighted by Crippen LogP contribution is -2.55. The van der Waals surface area contributed by atoms with Crippen LogP contribution in [0.1, 0.15) is 47.0 Å². The van der Waals surface area contributed by atoms with Gasteiger partial charge in [-0.1, -0.05) is 0 Å². The van der Waals surface area contributed by atoms with Gasteiger partial charge in [-0.3, -0.25) is 0 Å². The van der Waals surface area contributed by atoms with E-state index in [0.717, 1.165) is 0 Å². The van der Waals surface area contributed by atoms with Crippen LogP contribution in [0.5, 0.6) is 0 Å². The molecule has 2 heteroatoms. The molecule has 1 nitrogen and oxygen atoms in total. The Morgan fingerprint density at radius 2 is 1.27 bits per heavy atom. The Balaban J connectivity index is 0.000001000. The Hall–Kier alpha value is 0.690. The van der Waals surface area contributed by atoms with E-state index in [1.807, 2.05) is 0 Å². The Bertz CT molecular complexity index is 116. The highest BCUT2D eigenvalue weighted by Gasteiger charge is 2.31. The number of halogens is 1. The minimum absolute atomic E-state index is 0. The highest BCUT2D eigenvalue weighted by atomic mass is 127. The molecule has 1 aliphatic rings. The lowest BCUT2D eigenvalue weighted by molar-refractivity contribution is 0.183. The van der Waals surface area contributed by atoms with Crippen LogP contribution in [-0.4, -0.2) is 11.1 Å². The zero-order valence-electron chi connectivity index (χ0n) is 8.03. The topological polar surface area (TPSA) is 12.0 Å². The molecule has 1 heterocycles. The summed E-state index contributed by atoms with van der Waals surface area (Å²) < 4.78 is 0. The van der Waals surface area contributed by atoms with Gasteiger partial charge < -0.3 is 5.32 Å². The Morgan fingerprint density at radius 1 is 0.909 bits per heavy atom. The fraction of sp³-hybridized carbons (Fsp3) is 1.00. The second kappa shape index (κ2) is 3.60. The first-order valence-electron chi connectivity index (χ1n) is 4.21. The molecule has 0 saturated carbocycles. The summed E-state index contributed by atoms with van der Waals surface area (Å²) in [4.78, 5) is 0. The average Bonchev–Trinajstić information content (AvgIpc) is 1.56. The van der Waals surface area contributed by atoms with Crippen molar-refractivity contribution < 1.29 is 0 Å². The number of hydrogen-bond acceptors (Lipinski definition) is 1. The predicted octanol–water partition coefficient (Wildman–Crippen LogP) is 2.94. The highest BCUT2D eigenvalue weighted by Crippen LogP contribution is 2.27. The van der Waals surface area contributed by atoms with E-state index < -0.39 is 0 Å². The molecular weight excluding hydrogens is 249 g/mol. The molecule has 0 bridgehead atoms. The van der Waals surface area contributed by atoms with Crippen LogP contribution in [-0.2, 0) is 0 Å². The first-order valence-corrected chi connectivity index (χ1v) is 4.21. The van der Waals surface area contributed by atoms with Crippen molar-refractivity contribution in [2.75, 3.05) is 0 Å². The van der Waals surface area contributed by atoms with E-state index in [2.05, 4.69) is 33.0 Å². The minimum atomic E-state index is 0. The SMILES string of the molecule is CC1(C)CCCC(C)(C)N1.I. The molecule has 1 N–H and O–H groups in total. The molecule has 1 saturated heterocycles. The van der Waals surface area contributed by atoms with Gasteiger partial charge in [0.05, 0.1) is 0 Å². The molecule has 0 aliphatic carbocycles. The van der Waals surface area contributed by atoms with Gasteiger partial charge in [0.15, 0.2) is 0 Å². The summed E-state index contributed by atoms with van der Waals surface area (Å²) in [6, 6.07) is 0. The fourth-order valence-electron chi connectivity index (χ4n) is 2.01. The van der Waals surface area contributed by atoms with Crippen LogP contribution in [0, 0.1) is 0 Å². The van der Waals surface area contributed by atoms with Gasteiger partial charge >= 0.3 is 0 Å². The summed E-state index contributed by atoms with van der Waals surface area (Å²) in [5, 5.41) is 3.63. The van der Waals surface area contributed by atoms with Crippen molar-refractivity contribution in [2.24, 2.45) is 0 Å². The molecule has 0 aromatic carbocycles. The first-order chi connectivity index (χ1) is 4.41. The predicted molar refractivity (Wildman–Crippen MR) is 60.6 cm³/mol. The van der Waals surface area contributed by atoms with Gasteiger partial charge in [0.25, 0.3) is 0 Å². The average molecular weight is 269 g/mol. The fourth-order valence-corrected chi connectivity index (χ4v) is 2.01. The maximum Gasteiger partial charge on any atom is 0.0130 e. The molecule has 1 rings (SSSR count). The van der Waals surface area contributed by atoms with Crippen LogP contribution in [0.25, 0.3) is 0 Å². The smallest absolute Gasteiger partial charge is 0.0130 e. The molecular formula is C9H20IN. The van der Waals surface area contributed by atoms with E-state index in [0.29, 0.717) is 11.1 Å². The highest BCUT2D eigenvalue weighted by molar-refractivity contribution is 14.0. The molecule has 1 fully saturated rings. The Labute approximate surface area is 87.3 Å². The van der Waals surface area contributed by atoms with Crippen molar-refractivity contribution in [1.29, 1.82) is 0 Å². The lowest BCUT2D eigenvalue weighted by Gasteiger charge is -2.42. The molecule has 0 unspecified atom stereocenters. The van der Waals surface area contributed by atoms with E-state index in [1.165, 1.54) is 19.3 Å². The maximum absolute atomic E-state index is 3.63. The van der Waals surface area contributed by atoms with Crippen LogP contribution in [0.15, 0.2) is 0 Å². The van der Waals surface area contributed by atoms with Gasteiger partial charge in [-0.05, 0) is 47.0 Å². The molecule has 0 spiro atoms. The lowest BCUT2D eigenvalue weighted by atomic mass is 9.83. The molecule has 0 aromatic heterocycles. The molecule has 68 valence electrons. The zero-order valence-corrected chi connectivity index (χ0v) is 10.4. The number of nitrogens with one attached hydrogen (secondary N) is 1. The second-order valence-corrected chi connectivity index (χ2v) is 4.75. The number of rotatable bonds is 0. The van der Waals surface area contributed by atoms with E-state index in [1.54, 1.807) is 0 Å². The van der Waals surface area contributed by atoms with Crippen LogP contribution in [0.3, 0.4) is 0 Å². The van der Waals surface area contributed by atoms with Crippen molar-refractivity contribution in [2.45, 2.75) is 58.0 Å². The van der Waals surface area contributed by atoms with Gasteiger partial charge in [-0.2, -0.15) is 0 Å². The Kier molecular flexibility index (Phi) is 3.83. The number of hydrogen-bond donors (Lipinski definition) is 1. The summed E-state index contributed by atoms with van der Waals surface area (Å²) in [7, 11) is 0. The summed E-state index contributed by atoms with van der Waals surface area (Å²) in [6.45, 7) is 9.14. The third-order valence-electron chi connectivity index (χ3n) is 2.28. The van der Waals surface area contributed by atoms with Gasteiger partial charge in [-0.15, -0.1) is 24.0 Å². The van der Waals surface area contributed by atoms with E-state index in [9.17, 15) is 0 Å². The maximum atomic E-state index is 3.63. The van der Waals surface area contributed by atoms with Crippen LogP contribution in [0.2, 0.25) is 0 Å². The second-order valence-electron chi connectivity index (χ2n) is 4.75. The Morgan fingerprint density at radius 3 is 1.45 bits per heavy atom. The number of piperidine rings is 1. The monoisotopic (exact) mass is 269 g/mol. The van der Waals surface area contributed by atoms with Crippen LogP contribution >= 0.6 is 24.0 Å². The molecule has 1 aliphatic heterocycles. The largest absolute Gasteiger partial charge is 0.307 e. The van der Waals surface area contributed by atoms with Crippen molar-refractivity contribution >= 4 is 24.0 Å². The summed E-state index contributed by atoms with van der Waals surface area (Å²) in [5.74, 6) is 0. The van der Waals surface area contributed by atoms with Crippen molar-refractivity contribution in [3.8, 4) is 0 Å². The van der Waals surface area contributed by atoms with Gasteiger partial charge in [0, 0.05) is 11.1 Å². The standard InChI is InChI=1S/C9H19N.HI/c1-8(2)6-5-7-9(3,4)10-8;/h10H,5-7H2,1-4H3;1H. The molecule has 0 amide bonds. The van der Waals surface area contributed by atoms with Gasteiger partial charge in [-0.25, -0.2) is 0 Å². The third-order valence-corrected chi connectivity index (χ3v) is 2.28. The van der Waals surface area contributed by atoms with Gasteiger partial charge in [0.1, 0.15) is 0 Å². The minimum Gasteiger partial charge on any atom is -0.307 e. The van der Waals surface area contributed by atoms with Crippen LogP contribution in [0.4, 0.5) is 0 Å². The molecule has 0 aromatic rings.